The van der Waals surface area contributed by atoms with E-state index in [9.17, 15) is 17.6 Å². The number of nitrogens with zero attached hydrogens (tertiary/aromatic N) is 3. The number of benzene rings is 2. The number of fused-ring (bicyclic) bond motifs is 1. The Hall–Kier alpha value is -2.98. The number of rotatable bonds is 6. The zero-order valence-electron chi connectivity index (χ0n) is 17.6. The number of amides is 2. The first-order valence-corrected chi connectivity index (χ1v) is 12.1. The maximum absolute atomic E-state index is 13.1. The van der Waals surface area contributed by atoms with Crippen molar-refractivity contribution < 1.29 is 17.6 Å². The average molecular weight is 460 g/mol. The minimum atomic E-state index is -3.72. The Morgan fingerprint density at radius 1 is 1.06 bits per heavy atom. The van der Waals surface area contributed by atoms with Crippen LogP contribution in [-0.4, -0.2) is 66.3 Å². The smallest absolute Gasteiger partial charge is 0.317 e. The Morgan fingerprint density at radius 2 is 1.84 bits per heavy atom. The second-order valence-electron chi connectivity index (χ2n) is 7.73. The molecule has 2 amide bonds. The second kappa shape index (κ2) is 9.66. The first kappa shape index (κ1) is 22.2. The summed E-state index contributed by atoms with van der Waals surface area (Å²) in [6.45, 7) is 1.80. The maximum atomic E-state index is 13.1. The van der Waals surface area contributed by atoms with Gasteiger partial charge in [-0.15, -0.1) is 0 Å². The van der Waals surface area contributed by atoms with Crippen LogP contribution in [0.25, 0.3) is 11.0 Å². The lowest BCUT2D eigenvalue weighted by Crippen LogP contribution is -2.43. The van der Waals surface area contributed by atoms with Gasteiger partial charge in [0.1, 0.15) is 11.6 Å². The van der Waals surface area contributed by atoms with Crippen LogP contribution in [0.3, 0.4) is 0 Å². The van der Waals surface area contributed by atoms with E-state index in [1.807, 2.05) is 24.3 Å². The van der Waals surface area contributed by atoms with Crippen LogP contribution in [0.4, 0.5) is 9.18 Å². The Labute approximate surface area is 186 Å². The van der Waals surface area contributed by atoms with Crippen LogP contribution in [0.5, 0.6) is 0 Å². The number of H-pyrrole nitrogens is 1. The summed E-state index contributed by atoms with van der Waals surface area (Å²) >= 11 is 0. The second-order valence-corrected chi connectivity index (χ2v) is 9.67. The predicted molar refractivity (Wildman–Crippen MR) is 119 cm³/mol. The van der Waals surface area contributed by atoms with Gasteiger partial charge in [0.15, 0.2) is 0 Å². The van der Waals surface area contributed by atoms with Crippen LogP contribution < -0.4 is 5.32 Å². The summed E-state index contributed by atoms with van der Waals surface area (Å²) in [6, 6.07) is 12.4. The lowest BCUT2D eigenvalue weighted by atomic mass is 10.3. The van der Waals surface area contributed by atoms with E-state index in [2.05, 4.69) is 15.3 Å². The summed E-state index contributed by atoms with van der Waals surface area (Å²) in [5.74, 6) is 0.403. The minimum Gasteiger partial charge on any atom is -0.342 e. The van der Waals surface area contributed by atoms with Crippen LogP contribution in [0, 0.1) is 5.82 Å². The van der Waals surface area contributed by atoms with E-state index in [-0.39, 0.29) is 17.5 Å². The number of hydrogen-bond donors (Lipinski definition) is 2. The third kappa shape index (κ3) is 5.08. The van der Waals surface area contributed by atoms with Crippen molar-refractivity contribution in [3.05, 3.63) is 60.2 Å². The molecule has 0 atom stereocenters. The summed E-state index contributed by atoms with van der Waals surface area (Å²) in [6.07, 6.45) is 2.00. The molecule has 1 aromatic heterocycles. The van der Waals surface area contributed by atoms with E-state index in [0.717, 1.165) is 41.8 Å². The Kier molecular flexibility index (Phi) is 6.71. The number of sulfonamides is 1. The molecule has 2 aromatic carbocycles. The Morgan fingerprint density at radius 3 is 2.62 bits per heavy atom. The van der Waals surface area contributed by atoms with E-state index in [1.54, 1.807) is 4.90 Å². The zero-order chi connectivity index (χ0) is 22.6. The number of imidazole rings is 1. The molecule has 0 unspecified atom stereocenters. The zero-order valence-corrected chi connectivity index (χ0v) is 18.4. The monoisotopic (exact) mass is 459 g/mol. The number of para-hydroxylation sites is 2. The molecular formula is C22H26FN5O3S. The van der Waals surface area contributed by atoms with E-state index >= 15 is 0 Å². The van der Waals surface area contributed by atoms with Gasteiger partial charge in [0.2, 0.25) is 10.0 Å². The van der Waals surface area contributed by atoms with Gasteiger partial charge in [-0.2, -0.15) is 4.31 Å². The highest BCUT2D eigenvalue weighted by Crippen LogP contribution is 2.18. The minimum absolute atomic E-state index is 0.0578. The molecule has 0 radical (unpaired) electrons. The summed E-state index contributed by atoms with van der Waals surface area (Å²) in [7, 11) is -3.72. The molecule has 2 N–H and O–H groups in total. The topological polar surface area (TPSA) is 98.4 Å². The van der Waals surface area contributed by atoms with Gasteiger partial charge in [-0.05, 0) is 49.2 Å². The molecule has 10 heteroatoms. The third-order valence-electron chi connectivity index (χ3n) is 5.50. The molecule has 0 spiro atoms. The van der Waals surface area contributed by atoms with E-state index in [1.165, 1.54) is 16.4 Å². The summed E-state index contributed by atoms with van der Waals surface area (Å²) in [5.41, 5.74) is 1.92. The van der Waals surface area contributed by atoms with Crippen molar-refractivity contribution >= 4 is 27.1 Å². The first-order chi connectivity index (χ1) is 15.4. The van der Waals surface area contributed by atoms with Gasteiger partial charge in [-0.1, -0.05) is 12.1 Å². The Balaban J connectivity index is 1.25. The van der Waals surface area contributed by atoms with Crippen LogP contribution in [0.1, 0.15) is 18.7 Å². The van der Waals surface area contributed by atoms with Crippen molar-refractivity contribution in [2.75, 3.05) is 32.7 Å². The van der Waals surface area contributed by atoms with E-state index in [4.69, 9.17) is 0 Å². The largest absolute Gasteiger partial charge is 0.342 e. The van der Waals surface area contributed by atoms with Crippen molar-refractivity contribution in [1.29, 1.82) is 0 Å². The van der Waals surface area contributed by atoms with Crippen molar-refractivity contribution in [2.45, 2.75) is 24.2 Å². The Bertz CT molecular complexity index is 1150. The molecule has 0 bridgehead atoms. The molecule has 4 rings (SSSR count). The van der Waals surface area contributed by atoms with Crippen LogP contribution in [0.2, 0.25) is 0 Å². The summed E-state index contributed by atoms with van der Waals surface area (Å²) in [5, 5.41) is 2.91. The number of aromatic amines is 1. The SMILES string of the molecule is O=C(NCCCc1nc2ccccc2[nH]1)N1CCCN(S(=O)(=O)c2ccc(F)cc2)CC1. The molecule has 2 heterocycles. The molecule has 1 aliphatic rings. The average Bonchev–Trinajstić information content (AvgIpc) is 3.02. The number of carbonyl (C=O) groups is 1. The van der Waals surface area contributed by atoms with Crippen molar-refractivity contribution in [2.24, 2.45) is 0 Å². The van der Waals surface area contributed by atoms with Crippen molar-refractivity contribution in [3.63, 3.8) is 0 Å². The van der Waals surface area contributed by atoms with Gasteiger partial charge >= 0.3 is 6.03 Å². The maximum Gasteiger partial charge on any atom is 0.317 e. The molecular weight excluding hydrogens is 433 g/mol. The molecule has 1 fully saturated rings. The fraction of sp³-hybridized carbons (Fsp3) is 0.364. The molecule has 8 nitrogen and oxygen atoms in total. The number of urea groups is 1. The molecule has 1 saturated heterocycles. The standard InChI is InChI=1S/C22H26FN5O3S/c23-17-8-10-18(11-9-17)32(30,31)28-14-4-13-27(15-16-28)22(29)24-12-3-7-21-25-19-5-1-2-6-20(19)26-21/h1-2,5-6,8-11H,3-4,7,12-16H2,(H,24,29)(H,25,26). The number of halogens is 1. The van der Waals surface area contributed by atoms with Crippen molar-refractivity contribution in [1.82, 2.24) is 24.5 Å². The summed E-state index contributed by atoms with van der Waals surface area (Å²) in [4.78, 5) is 22.1. The van der Waals surface area contributed by atoms with Gasteiger partial charge in [-0.25, -0.2) is 22.6 Å². The van der Waals surface area contributed by atoms with Gasteiger partial charge in [0.05, 0.1) is 15.9 Å². The highest BCUT2D eigenvalue weighted by molar-refractivity contribution is 7.89. The van der Waals surface area contributed by atoms with Gasteiger partial charge in [0.25, 0.3) is 0 Å². The fourth-order valence-corrected chi connectivity index (χ4v) is 5.25. The highest BCUT2D eigenvalue weighted by Gasteiger charge is 2.28. The van der Waals surface area contributed by atoms with Gasteiger partial charge in [-0.3, -0.25) is 0 Å². The molecule has 32 heavy (non-hydrogen) atoms. The summed E-state index contributed by atoms with van der Waals surface area (Å²) < 4.78 is 40.1. The predicted octanol–water partition coefficient (Wildman–Crippen LogP) is 2.74. The quantitative estimate of drug-likeness (QED) is 0.554. The fourth-order valence-electron chi connectivity index (χ4n) is 3.78. The number of aromatic nitrogens is 2. The first-order valence-electron chi connectivity index (χ1n) is 10.7. The van der Waals surface area contributed by atoms with Gasteiger partial charge < -0.3 is 15.2 Å². The number of nitrogens with one attached hydrogen (secondary N) is 2. The third-order valence-corrected chi connectivity index (χ3v) is 7.41. The van der Waals surface area contributed by atoms with Crippen LogP contribution in [-0.2, 0) is 16.4 Å². The lowest BCUT2D eigenvalue weighted by Gasteiger charge is -2.22. The lowest BCUT2D eigenvalue weighted by molar-refractivity contribution is 0.200. The number of hydrogen-bond acceptors (Lipinski definition) is 4. The van der Waals surface area contributed by atoms with Crippen LogP contribution in [0.15, 0.2) is 53.4 Å². The van der Waals surface area contributed by atoms with Crippen LogP contribution >= 0.6 is 0 Å². The molecule has 0 saturated carbocycles. The van der Waals surface area contributed by atoms with E-state index < -0.39 is 15.8 Å². The van der Waals surface area contributed by atoms with Gasteiger partial charge in [0, 0.05) is 39.1 Å². The van der Waals surface area contributed by atoms with E-state index in [0.29, 0.717) is 32.6 Å². The normalized spacial score (nSPS) is 15.6. The molecule has 3 aromatic rings. The molecule has 170 valence electrons. The number of aryl methyl sites for hydroxylation is 1. The molecule has 1 aliphatic heterocycles. The van der Waals surface area contributed by atoms with Crippen molar-refractivity contribution in [3.8, 4) is 0 Å². The highest BCUT2D eigenvalue weighted by atomic mass is 32.2. The number of carbonyl (C=O) groups excluding carboxylic acids is 1. The molecule has 0 aliphatic carbocycles.